The van der Waals surface area contributed by atoms with Crippen molar-refractivity contribution >= 4 is 17.7 Å². The molecular formula is C24H28FNO8. The SMILES string of the molecule is COc1ccnc(C(=O)C[C@@H](C)C(=O)OC[C@H](C)Oc2ccc(F)cc2C)c1OCOC(C)=O. The minimum absolute atomic E-state index is 0.00788. The highest BCUT2D eigenvalue weighted by atomic mass is 19.1. The molecule has 9 nitrogen and oxygen atoms in total. The van der Waals surface area contributed by atoms with Gasteiger partial charge in [-0.3, -0.25) is 14.4 Å². The van der Waals surface area contributed by atoms with Crippen LogP contribution in [0, 0.1) is 18.7 Å². The number of aryl methyl sites for hydroxylation is 1. The van der Waals surface area contributed by atoms with E-state index in [0.717, 1.165) is 0 Å². The zero-order chi connectivity index (χ0) is 25.3. The van der Waals surface area contributed by atoms with Gasteiger partial charge in [0.1, 0.15) is 24.3 Å². The first-order valence-electron chi connectivity index (χ1n) is 10.5. The first kappa shape index (κ1) is 26.6. The third-order valence-electron chi connectivity index (χ3n) is 4.64. The molecule has 34 heavy (non-hydrogen) atoms. The molecule has 0 bridgehead atoms. The molecule has 0 saturated carbocycles. The molecule has 2 rings (SSSR count). The zero-order valence-corrected chi connectivity index (χ0v) is 19.8. The molecule has 0 radical (unpaired) electrons. The van der Waals surface area contributed by atoms with Gasteiger partial charge in [0.05, 0.1) is 13.0 Å². The number of nitrogens with zero attached hydrogens (tertiary/aromatic N) is 1. The molecule has 0 aliphatic heterocycles. The maximum atomic E-state index is 13.2. The second-order valence-electron chi connectivity index (χ2n) is 7.59. The van der Waals surface area contributed by atoms with E-state index in [1.165, 1.54) is 44.5 Å². The number of esters is 2. The standard InChI is InChI=1S/C24H28FNO8/c1-14-10-18(25)6-7-20(14)34-16(3)12-31-24(29)15(2)11-19(28)22-23(33-13-32-17(4)27)21(30-5)8-9-26-22/h6-10,15-16H,11-13H2,1-5H3/t15-,16+/m1/s1. The number of ether oxygens (including phenoxy) is 5. The van der Waals surface area contributed by atoms with Gasteiger partial charge in [0.15, 0.2) is 23.0 Å². The summed E-state index contributed by atoms with van der Waals surface area (Å²) < 4.78 is 39.5. The molecule has 1 aromatic carbocycles. The van der Waals surface area contributed by atoms with E-state index in [4.69, 9.17) is 23.7 Å². The van der Waals surface area contributed by atoms with Crippen molar-refractivity contribution in [2.75, 3.05) is 20.5 Å². The quantitative estimate of drug-likeness (QED) is 0.257. The summed E-state index contributed by atoms with van der Waals surface area (Å²) in [5.74, 6) is -2.05. The number of hydrogen-bond donors (Lipinski definition) is 0. The molecule has 0 spiro atoms. The summed E-state index contributed by atoms with van der Waals surface area (Å²) in [5, 5.41) is 0. The Hall–Kier alpha value is -3.69. The van der Waals surface area contributed by atoms with Crippen molar-refractivity contribution in [3.8, 4) is 17.2 Å². The molecule has 0 unspecified atom stereocenters. The molecule has 10 heteroatoms. The summed E-state index contributed by atoms with van der Waals surface area (Å²) in [6.07, 6.45) is 0.678. The van der Waals surface area contributed by atoms with Gasteiger partial charge in [-0.1, -0.05) is 6.92 Å². The average molecular weight is 477 g/mol. The Bertz CT molecular complexity index is 1030. The Morgan fingerprint density at radius 1 is 1.09 bits per heavy atom. The Kier molecular flexibility index (Phi) is 9.78. The molecule has 0 N–H and O–H groups in total. The van der Waals surface area contributed by atoms with Gasteiger partial charge >= 0.3 is 11.9 Å². The van der Waals surface area contributed by atoms with Gasteiger partial charge < -0.3 is 23.7 Å². The van der Waals surface area contributed by atoms with Crippen LogP contribution in [0.3, 0.4) is 0 Å². The lowest BCUT2D eigenvalue weighted by Crippen LogP contribution is -2.26. The van der Waals surface area contributed by atoms with Crippen molar-refractivity contribution in [3.05, 3.63) is 47.5 Å². The monoisotopic (exact) mass is 477 g/mol. The van der Waals surface area contributed by atoms with Crippen LogP contribution in [-0.2, 0) is 19.1 Å². The number of methoxy groups -OCH3 is 1. The summed E-state index contributed by atoms with van der Waals surface area (Å²) in [6, 6.07) is 5.62. The maximum Gasteiger partial charge on any atom is 0.309 e. The minimum Gasteiger partial charge on any atom is -0.493 e. The highest BCUT2D eigenvalue weighted by molar-refractivity contribution is 5.99. The number of pyridine rings is 1. The van der Waals surface area contributed by atoms with Crippen molar-refractivity contribution in [3.63, 3.8) is 0 Å². The molecular weight excluding hydrogens is 449 g/mol. The van der Waals surface area contributed by atoms with Crippen molar-refractivity contribution in [2.45, 2.75) is 40.2 Å². The van der Waals surface area contributed by atoms with Crippen molar-refractivity contribution in [2.24, 2.45) is 5.92 Å². The number of halogens is 1. The van der Waals surface area contributed by atoms with E-state index in [-0.39, 0.29) is 36.0 Å². The Balaban J connectivity index is 1.95. The van der Waals surface area contributed by atoms with Crippen LogP contribution in [-0.4, -0.2) is 49.3 Å². The molecule has 2 aromatic rings. The van der Waals surface area contributed by atoms with Gasteiger partial charge in [0.2, 0.25) is 6.79 Å². The van der Waals surface area contributed by atoms with Crippen LogP contribution in [0.4, 0.5) is 4.39 Å². The zero-order valence-electron chi connectivity index (χ0n) is 19.8. The van der Waals surface area contributed by atoms with Crippen LogP contribution < -0.4 is 14.2 Å². The molecule has 184 valence electrons. The molecule has 1 aromatic heterocycles. The molecule has 0 saturated heterocycles. The molecule has 1 heterocycles. The third kappa shape index (κ3) is 7.72. The third-order valence-corrected chi connectivity index (χ3v) is 4.64. The molecule has 0 amide bonds. The normalized spacial score (nSPS) is 12.3. The number of hydrogen-bond acceptors (Lipinski definition) is 9. The lowest BCUT2D eigenvalue weighted by Gasteiger charge is -2.18. The van der Waals surface area contributed by atoms with Crippen LogP contribution in [0.1, 0.15) is 43.2 Å². The van der Waals surface area contributed by atoms with E-state index < -0.39 is 36.5 Å². The summed E-state index contributed by atoms with van der Waals surface area (Å²) in [7, 11) is 1.39. The van der Waals surface area contributed by atoms with E-state index in [0.29, 0.717) is 11.3 Å². The van der Waals surface area contributed by atoms with Crippen molar-refractivity contribution in [1.29, 1.82) is 0 Å². The fraction of sp³-hybridized carbons (Fsp3) is 0.417. The number of ketones is 1. The highest BCUT2D eigenvalue weighted by Gasteiger charge is 2.25. The number of rotatable bonds is 12. The highest BCUT2D eigenvalue weighted by Crippen LogP contribution is 2.31. The van der Waals surface area contributed by atoms with Gasteiger partial charge in [0, 0.05) is 25.6 Å². The van der Waals surface area contributed by atoms with E-state index in [2.05, 4.69) is 4.98 Å². The summed E-state index contributed by atoms with van der Waals surface area (Å²) in [6.45, 7) is 5.70. The van der Waals surface area contributed by atoms with E-state index in [1.807, 2.05) is 0 Å². The summed E-state index contributed by atoms with van der Waals surface area (Å²) in [5.41, 5.74) is 0.560. The predicted octanol–water partition coefficient (Wildman–Crippen LogP) is 3.66. The fourth-order valence-electron chi connectivity index (χ4n) is 2.90. The molecule has 0 fully saturated rings. The van der Waals surface area contributed by atoms with Crippen molar-refractivity contribution < 1.29 is 42.5 Å². The maximum absolute atomic E-state index is 13.2. The lowest BCUT2D eigenvalue weighted by atomic mass is 10.0. The Morgan fingerprint density at radius 3 is 2.47 bits per heavy atom. The first-order chi connectivity index (χ1) is 16.1. The van der Waals surface area contributed by atoms with Crippen LogP contribution in [0.25, 0.3) is 0 Å². The van der Waals surface area contributed by atoms with Crippen LogP contribution in [0.2, 0.25) is 0 Å². The number of carbonyl (C=O) groups excluding carboxylic acids is 3. The average Bonchev–Trinajstić information content (AvgIpc) is 2.78. The molecule has 2 atom stereocenters. The molecule has 0 aliphatic rings. The Labute approximate surface area is 197 Å². The van der Waals surface area contributed by atoms with E-state index in [9.17, 15) is 18.8 Å². The topological polar surface area (TPSA) is 110 Å². The van der Waals surface area contributed by atoms with Gasteiger partial charge in [0.25, 0.3) is 0 Å². The number of Topliss-reactive ketones (excluding diaryl/α,β-unsaturated/α-hetero) is 1. The fourth-order valence-corrected chi connectivity index (χ4v) is 2.90. The number of benzene rings is 1. The van der Waals surface area contributed by atoms with Crippen LogP contribution in [0.5, 0.6) is 17.2 Å². The number of aromatic nitrogens is 1. The lowest BCUT2D eigenvalue weighted by molar-refractivity contribution is -0.150. The number of carbonyl (C=O) groups is 3. The Morgan fingerprint density at radius 2 is 1.82 bits per heavy atom. The second-order valence-corrected chi connectivity index (χ2v) is 7.59. The minimum atomic E-state index is -0.776. The van der Waals surface area contributed by atoms with Crippen LogP contribution in [0.15, 0.2) is 30.5 Å². The second kappa shape index (κ2) is 12.5. The summed E-state index contributed by atoms with van der Waals surface area (Å²) >= 11 is 0. The van der Waals surface area contributed by atoms with E-state index >= 15 is 0 Å². The van der Waals surface area contributed by atoms with Gasteiger partial charge in [-0.2, -0.15) is 0 Å². The smallest absolute Gasteiger partial charge is 0.309 e. The van der Waals surface area contributed by atoms with Crippen LogP contribution >= 0.6 is 0 Å². The van der Waals surface area contributed by atoms with Gasteiger partial charge in [-0.25, -0.2) is 9.37 Å². The molecule has 0 aliphatic carbocycles. The van der Waals surface area contributed by atoms with Gasteiger partial charge in [-0.15, -0.1) is 0 Å². The van der Waals surface area contributed by atoms with Gasteiger partial charge in [-0.05, 0) is 37.6 Å². The summed E-state index contributed by atoms with van der Waals surface area (Å²) in [4.78, 5) is 40.3. The predicted molar refractivity (Wildman–Crippen MR) is 118 cm³/mol. The van der Waals surface area contributed by atoms with Crippen molar-refractivity contribution in [1.82, 2.24) is 4.98 Å². The largest absolute Gasteiger partial charge is 0.493 e. The first-order valence-corrected chi connectivity index (χ1v) is 10.5. The van der Waals surface area contributed by atoms with E-state index in [1.54, 1.807) is 20.8 Å².